The number of halogens is 2. The van der Waals surface area contributed by atoms with Crippen molar-refractivity contribution >= 4 is 24.3 Å². The van der Waals surface area contributed by atoms with E-state index in [9.17, 15) is 0 Å². The first-order valence-electron chi connectivity index (χ1n) is 11.1. The Labute approximate surface area is 291 Å². The van der Waals surface area contributed by atoms with E-state index in [1.807, 2.05) is 48.5 Å². The summed E-state index contributed by atoms with van der Waals surface area (Å²) in [4.78, 5) is 15.4. The van der Waals surface area contributed by atoms with Gasteiger partial charge in [0, 0.05) is 49.6 Å². The van der Waals surface area contributed by atoms with Crippen molar-refractivity contribution in [3.8, 4) is 0 Å². The van der Waals surface area contributed by atoms with Gasteiger partial charge in [-0.1, -0.05) is 50.6 Å². The Morgan fingerprint density at radius 3 is 0.545 bits per heavy atom. The summed E-state index contributed by atoms with van der Waals surface area (Å²) in [6.45, 7) is 14.4. The molecule has 4 aromatic rings. The van der Waals surface area contributed by atoms with Crippen LogP contribution in [0.2, 0.25) is 0 Å². The molecule has 0 aromatic carbocycles. The van der Waals surface area contributed by atoms with Crippen LogP contribution in [-0.2, 0) is 44.8 Å². The van der Waals surface area contributed by atoms with Crippen molar-refractivity contribution in [3.05, 3.63) is 147 Å². The predicted octanol–water partition coefficient (Wildman–Crippen LogP) is -2.62. The molecule has 4 aromatic heterocycles. The topological polar surface area (TPSA) is 236 Å². The second-order valence-electron chi connectivity index (χ2n) is 6.69. The van der Waals surface area contributed by atoms with Crippen molar-refractivity contribution in [2.45, 2.75) is 0 Å². The van der Waals surface area contributed by atoms with Crippen LogP contribution in [0.15, 0.2) is 124 Å². The van der Waals surface area contributed by atoms with Crippen LogP contribution in [0.5, 0.6) is 0 Å². The fourth-order valence-electron chi connectivity index (χ4n) is 2.00. The number of hydrogen-bond donors (Lipinski definition) is 0. The van der Waals surface area contributed by atoms with Crippen molar-refractivity contribution in [3.63, 3.8) is 0 Å². The number of rotatable bonds is 4. The van der Waals surface area contributed by atoms with Gasteiger partial charge >= 0.3 is 44.8 Å². The summed E-state index contributed by atoms with van der Waals surface area (Å²) in [6, 6.07) is 15.3. The van der Waals surface area contributed by atoms with Gasteiger partial charge in [-0.3, -0.25) is 19.9 Å². The van der Waals surface area contributed by atoms with Crippen LogP contribution in [0.25, 0.3) is 24.3 Å². The quantitative estimate of drug-likeness (QED) is 0.192. The molecule has 0 aliphatic heterocycles. The summed E-state index contributed by atoms with van der Waals surface area (Å²) in [5, 5.41) is 0. The van der Waals surface area contributed by atoms with Crippen molar-refractivity contribution < 1.29 is 103 Å². The maximum atomic E-state index is 8.49. The van der Waals surface area contributed by atoms with Crippen molar-refractivity contribution in [2.24, 2.45) is 0 Å². The molecule has 44 heavy (non-hydrogen) atoms. The summed E-state index contributed by atoms with van der Waals surface area (Å²) in [5.74, 6) is 0. The standard InChI is InChI=1S/4C7H7N.2Ag.2ClHO4/c4*1-2-7-3-5-8-6-4-7;;;2*2-1(3,4)5/h4*2-6H,1H2;;;2*(H,2,3,4,5)/q;;;;2*+1;;/p-2. The number of pyridine rings is 4. The molecule has 4 rings (SSSR count). The molecular formula is C28H28Ag2Cl2N4O8. The third kappa shape index (κ3) is 41.4. The molecule has 0 saturated heterocycles. The molecule has 0 bridgehead atoms. The summed E-state index contributed by atoms with van der Waals surface area (Å²) in [6.07, 6.45) is 21.1. The number of hydrogen-bond acceptors (Lipinski definition) is 12. The Morgan fingerprint density at radius 2 is 0.477 bits per heavy atom. The maximum Gasteiger partial charge on any atom is 1.00 e. The van der Waals surface area contributed by atoms with Crippen LogP contribution in [-0.4, -0.2) is 19.9 Å². The van der Waals surface area contributed by atoms with E-state index in [0.29, 0.717) is 0 Å². The minimum Gasteiger partial charge on any atom is -0.265 e. The molecule has 244 valence electrons. The zero-order chi connectivity index (χ0) is 32.3. The summed E-state index contributed by atoms with van der Waals surface area (Å²) >= 11 is 0. The smallest absolute Gasteiger partial charge is 0.265 e. The molecule has 0 unspecified atom stereocenters. The third-order valence-electron chi connectivity index (χ3n) is 3.77. The Balaban J connectivity index is -0.000000219. The van der Waals surface area contributed by atoms with Gasteiger partial charge in [-0.05, 0) is 70.8 Å². The van der Waals surface area contributed by atoms with E-state index in [1.165, 1.54) is 0 Å². The molecule has 16 heteroatoms. The zero-order valence-corrected chi connectivity index (χ0v) is 27.3. The van der Waals surface area contributed by atoms with E-state index in [-0.39, 0.29) is 44.8 Å². The SMILES string of the molecule is C=Cc1ccncc1.C=Cc1ccncc1.C=Cc1ccncc1.C=Cc1ccncc1.[Ag+].[Ag+].[O-][Cl+3]([O-])([O-])[O-].[O-][Cl+3]([O-])([O-])[O-]. The fraction of sp³-hybridized carbons (Fsp3) is 0. The van der Waals surface area contributed by atoms with E-state index in [4.69, 9.17) is 37.3 Å². The first kappa shape index (κ1) is 48.2. The van der Waals surface area contributed by atoms with Gasteiger partial charge in [-0.2, -0.15) is 0 Å². The van der Waals surface area contributed by atoms with E-state index < -0.39 is 20.5 Å². The first-order valence-corrected chi connectivity index (χ1v) is 13.5. The largest absolute Gasteiger partial charge is 1.00 e. The van der Waals surface area contributed by atoms with Crippen LogP contribution in [0, 0.1) is 20.5 Å². The van der Waals surface area contributed by atoms with Crippen LogP contribution in [0.3, 0.4) is 0 Å². The van der Waals surface area contributed by atoms with Gasteiger partial charge in [0.05, 0.1) is 0 Å². The van der Waals surface area contributed by atoms with Gasteiger partial charge in [0.25, 0.3) is 0 Å². The van der Waals surface area contributed by atoms with Crippen LogP contribution in [0.4, 0.5) is 0 Å². The molecule has 0 radical (unpaired) electrons. The second kappa shape index (κ2) is 30.3. The predicted molar refractivity (Wildman–Crippen MR) is 137 cm³/mol. The van der Waals surface area contributed by atoms with Gasteiger partial charge in [0.15, 0.2) is 0 Å². The van der Waals surface area contributed by atoms with Crippen LogP contribution in [0.1, 0.15) is 22.3 Å². The van der Waals surface area contributed by atoms with Crippen molar-refractivity contribution in [1.29, 1.82) is 0 Å². The van der Waals surface area contributed by atoms with Crippen molar-refractivity contribution in [1.82, 2.24) is 19.9 Å². The van der Waals surface area contributed by atoms with E-state index in [2.05, 4.69) is 46.3 Å². The molecule has 0 N–H and O–H groups in total. The first-order chi connectivity index (χ1) is 19.7. The summed E-state index contributed by atoms with van der Waals surface area (Å²) < 4.78 is 67.9. The maximum absolute atomic E-state index is 8.49. The average Bonchev–Trinajstić information content (AvgIpc) is 2.98. The minimum absolute atomic E-state index is 0. The van der Waals surface area contributed by atoms with E-state index >= 15 is 0 Å². The molecule has 12 nitrogen and oxygen atoms in total. The Morgan fingerprint density at radius 1 is 0.364 bits per heavy atom. The second-order valence-corrected chi connectivity index (χ2v) is 8.21. The van der Waals surface area contributed by atoms with Gasteiger partial charge < -0.3 is 0 Å². The third-order valence-corrected chi connectivity index (χ3v) is 3.77. The summed E-state index contributed by atoms with van der Waals surface area (Å²) in [7, 11) is -9.89. The van der Waals surface area contributed by atoms with Gasteiger partial charge in [-0.25, -0.2) is 37.3 Å². The normalized spacial score (nSPS) is 8.91. The molecule has 0 saturated carbocycles. The molecule has 0 fully saturated rings. The molecule has 0 spiro atoms. The Bertz CT molecular complexity index is 1040. The number of aromatic nitrogens is 4. The zero-order valence-electron chi connectivity index (χ0n) is 22.8. The minimum atomic E-state index is -4.94. The fourth-order valence-corrected chi connectivity index (χ4v) is 2.00. The summed E-state index contributed by atoms with van der Waals surface area (Å²) in [5.41, 5.74) is 4.44. The Hall–Kier alpha value is -2.70. The average molecular weight is 835 g/mol. The van der Waals surface area contributed by atoms with Gasteiger partial charge in [0.1, 0.15) is 0 Å². The molecule has 0 atom stereocenters. The van der Waals surface area contributed by atoms with Gasteiger partial charge in [-0.15, -0.1) is 20.5 Å². The van der Waals surface area contributed by atoms with Gasteiger partial charge in [0.2, 0.25) is 0 Å². The molecule has 4 heterocycles. The molecule has 0 aliphatic rings. The monoisotopic (exact) mass is 832 g/mol. The molecular weight excluding hydrogens is 807 g/mol. The van der Waals surface area contributed by atoms with Crippen LogP contribution >= 0.6 is 0 Å². The molecule has 0 aliphatic carbocycles. The van der Waals surface area contributed by atoms with E-state index in [1.54, 1.807) is 73.9 Å². The Kier molecular flexibility index (Phi) is 33.2. The number of nitrogens with zero attached hydrogens (tertiary/aromatic N) is 4. The van der Waals surface area contributed by atoms with E-state index in [0.717, 1.165) is 22.3 Å². The van der Waals surface area contributed by atoms with Crippen LogP contribution < -0.4 is 37.3 Å². The van der Waals surface area contributed by atoms with Crippen molar-refractivity contribution in [2.75, 3.05) is 0 Å². The molecule has 0 amide bonds.